The number of nitrogens with two attached hydrogens (primary N) is 1. The zero-order valence-electron chi connectivity index (χ0n) is 10.3. The molecule has 3 nitrogen and oxygen atoms in total. The van der Waals surface area contributed by atoms with Crippen LogP contribution in [0.2, 0.25) is 5.02 Å². The Hall–Kier alpha value is -2.18. The van der Waals surface area contributed by atoms with Crippen LogP contribution < -0.4 is 10.5 Å². The first kappa shape index (κ1) is 13.3. The molecule has 0 saturated carbocycles. The van der Waals surface area contributed by atoms with Gasteiger partial charge in [-0.25, -0.2) is 0 Å². The van der Waals surface area contributed by atoms with Crippen LogP contribution in [0.5, 0.6) is 5.75 Å². The second kappa shape index (κ2) is 6.12. The minimum Gasteiger partial charge on any atom is -0.489 e. The third kappa shape index (κ3) is 3.64. The molecule has 0 amide bonds. The zero-order valence-corrected chi connectivity index (χ0v) is 11.0. The molecule has 2 rings (SSSR count). The number of ether oxygens (including phenoxy) is 1. The minimum atomic E-state index is 0.411. The van der Waals surface area contributed by atoms with E-state index in [0.29, 0.717) is 23.7 Å². The van der Waals surface area contributed by atoms with E-state index in [1.807, 2.05) is 30.3 Å². The predicted octanol–water partition coefficient (Wildman–Crippen LogP) is 3.57. The van der Waals surface area contributed by atoms with E-state index < -0.39 is 0 Å². The molecule has 2 aromatic rings. The lowest BCUT2D eigenvalue weighted by Gasteiger charge is -2.08. The number of benzene rings is 2. The highest BCUT2D eigenvalue weighted by atomic mass is 35.5. The van der Waals surface area contributed by atoms with Crippen LogP contribution in [-0.4, -0.2) is 0 Å². The molecule has 0 saturated heterocycles. The lowest BCUT2D eigenvalue weighted by atomic mass is 10.1. The van der Waals surface area contributed by atoms with Crippen molar-refractivity contribution in [2.45, 2.75) is 13.0 Å². The van der Waals surface area contributed by atoms with Gasteiger partial charge in [-0.2, -0.15) is 5.26 Å². The summed E-state index contributed by atoms with van der Waals surface area (Å²) in [6, 6.07) is 15.0. The van der Waals surface area contributed by atoms with Crippen LogP contribution in [0.4, 0.5) is 5.69 Å². The lowest BCUT2D eigenvalue weighted by molar-refractivity contribution is 0.306. The van der Waals surface area contributed by atoms with Crippen molar-refractivity contribution in [1.82, 2.24) is 0 Å². The number of hydrogen-bond donors (Lipinski definition) is 1. The van der Waals surface area contributed by atoms with Gasteiger partial charge in [0.15, 0.2) is 0 Å². The van der Waals surface area contributed by atoms with Gasteiger partial charge < -0.3 is 10.5 Å². The van der Waals surface area contributed by atoms with Gasteiger partial charge >= 0.3 is 0 Å². The number of nitrogen functional groups attached to an aromatic ring is 1. The number of anilines is 1. The van der Waals surface area contributed by atoms with E-state index in [4.69, 9.17) is 27.3 Å². The highest BCUT2D eigenvalue weighted by Gasteiger charge is 2.00. The van der Waals surface area contributed by atoms with E-state index in [2.05, 4.69) is 6.07 Å². The van der Waals surface area contributed by atoms with E-state index >= 15 is 0 Å². The van der Waals surface area contributed by atoms with Gasteiger partial charge in [-0.05, 0) is 35.4 Å². The molecule has 0 fully saturated rings. The first-order valence-electron chi connectivity index (χ1n) is 5.81. The van der Waals surface area contributed by atoms with Crippen LogP contribution in [-0.2, 0) is 13.0 Å². The summed E-state index contributed by atoms with van der Waals surface area (Å²) in [6.07, 6.45) is 0.411. The first-order valence-corrected chi connectivity index (χ1v) is 6.19. The lowest BCUT2D eigenvalue weighted by Crippen LogP contribution is -1.97. The van der Waals surface area contributed by atoms with Crippen molar-refractivity contribution in [3.05, 3.63) is 58.6 Å². The van der Waals surface area contributed by atoms with Crippen molar-refractivity contribution >= 4 is 17.3 Å². The van der Waals surface area contributed by atoms with Gasteiger partial charge in [0.25, 0.3) is 0 Å². The maximum Gasteiger partial charge on any atom is 0.119 e. The van der Waals surface area contributed by atoms with Crippen LogP contribution in [0.25, 0.3) is 0 Å². The van der Waals surface area contributed by atoms with Gasteiger partial charge in [-0.3, -0.25) is 0 Å². The largest absolute Gasteiger partial charge is 0.489 e. The fraction of sp³-hybridized carbons (Fsp3) is 0.133. The maximum absolute atomic E-state index is 8.59. The molecule has 2 N–H and O–H groups in total. The van der Waals surface area contributed by atoms with Crippen molar-refractivity contribution in [3.63, 3.8) is 0 Å². The Balaban J connectivity index is 1.98. The first-order chi connectivity index (χ1) is 9.19. The van der Waals surface area contributed by atoms with Gasteiger partial charge in [0.05, 0.1) is 23.2 Å². The second-order valence-corrected chi connectivity index (χ2v) is 4.53. The Morgan fingerprint density at radius 3 is 2.42 bits per heavy atom. The summed E-state index contributed by atoms with van der Waals surface area (Å²) in [4.78, 5) is 0. The van der Waals surface area contributed by atoms with Crippen molar-refractivity contribution in [2.75, 3.05) is 5.73 Å². The summed E-state index contributed by atoms with van der Waals surface area (Å²) < 4.78 is 5.64. The van der Waals surface area contributed by atoms with Crippen LogP contribution >= 0.6 is 11.6 Å². The van der Waals surface area contributed by atoms with E-state index in [0.717, 1.165) is 16.9 Å². The van der Waals surface area contributed by atoms with E-state index in [9.17, 15) is 0 Å². The summed E-state index contributed by atoms with van der Waals surface area (Å²) >= 11 is 5.85. The van der Waals surface area contributed by atoms with Crippen LogP contribution in [0.3, 0.4) is 0 Å². The number of rotatable bonds is 4. The Bertz CT molecular complexity index is 603. The van der Waals surface area contributed by atoms with E-state index in [-0.39, 0.29) is 0 Å². The Labute approximate surface area is 117 Å². The van der Waals surface area contributed by atoms with Gasteiger partial charge in [-0.1, -0.05) is 29.8 Å². The Morgan fingerprint density at radius 2 is 1.79 bits per heavy atom. The molecule has 0 aliphatic rings. The molecule has 0 aliphatic carbocycles. The normalized spacial score (nSPS) is 9.89. The Morgan fingerprint density at radius 1 is 1.11 bits per heavy atom. The molecule has 2 aromatic carbocycles. The van der Waals surface area contributed by atoms with Gasteiger partial charge in [0, 0.05) is 0 Å². The predicted molar refractivity (Wildman–Crippen MR) is 76.0 cm³/mol. The summed E-state index contributed by atoms with van der Waals surface area (Å²) in [5, 5.41) is 9.13. The quantitative estimate of drug-likeness (QED) is 0.866. The molecule has 0 atom stereocenters. The second-order valence-electron chi connectivity index (χ2n) is 4.12. The standard InChI is InChI=1S/C15H13ClN2O/c16-14-6-3-12(9-15(14)18)10-19-13-4-1-11(2-5-13)7-8-17/h1-6,9H,7,10,18H2. The molecular weight excluding hydrogens is 260 g/mol. The van der Waals surface area contributed by atoms with E-state index in [1.165, 1.54) is 0 Å². The SMILES string of the molecule is N#CCc1ccc(OCc2ccc(Cl)c(N)c2)cc1. The fourth-order valence-electron chi connectivity index (χ4n) is 1.64. The molecule has 0 heterocycles. The summed E-state index contributed by atoms with van der Waals surface area (Å²) in [5.74, 6) is 0.759. The fourth-order valence-corrected chi connectivity index (χ4v) is 1.76. The average molecular weight is 273 g/mol. The van der Waals surface area contributed by atoms with Gasteiger partial charge in [-0.15, -0.1) is 0 Å². The molecule has 0 bridgehead atoms. The number of nitriles is 1. The Kier molecular flexibility index (Phi) is 4.27. The van der Waals surface area contributed by atoms with Crippen molar-refractivity contribution < 1.29 is 4.74 Å². The van der Waals surface area contributed by atoms with Crippen molar-refractivity contribution in [3.8, 4) is 11.8 Å². The smallest absolute Gasteiger partial charge is 0.119 e. The average Bonchev–Trinajstić information content (AvgIpc) is 2.42. The maximum atomic E-state index is 8.59. The molecule has 19 heavy (non-hydrogen) atoms. The molecule has 0 aliphatic heterocycles. The molecule has 96 valence electrons. The van der Waals surface area contributed by atoms with Crippen LogP contribution in [0.15, 0.2) is 42.5 Å². The number of halogens is 1. The van der Waals surface area contributed by atoms with Crippen molar-refractivity contribution in [1.29, 1.82) is 5.26 Å². The molecule has 0 unspecified atom stereocenters. The summed E-state index contributed by atoms with van der Waals surface area (Å²) in [7, 11) is 0. The topological polar surface area (TPSA) is 59.0 Å². The van der Waals surface area contributed by atoms with E-state index in [1.54, 1.807) is 12.1 Å². The molecule has 0 radical (unpaired) electrons. The zero-order chi connectivity index (χ0) is 13.7. The monoisotopic (exact) mass is 272 g/mol. The number of hydrogen-bond acceptors (Lipinski definition) is 3. The van der Waals surface area contributed by atoms with Crippen molar-refractivity contribution in [2.24, 2.45) is 0 Å². The molecular formula is C15H13ClN2O. The third-order valence-corrected chi connectivity index (χ3v) is 3.02. The molecule has 4 heteroatoms. The van der Waals surface area contributed by atoms with Crippen LogP contribution in [0, 0.1) is 11.3 Å². The van der Waals surface area contributed by atoms with Crippen LogP contribution in [0.1, 0.15) is 11.1 Å². The minimum absolute atomic E-state index is 0.411. The van der Waals surface area contributed by atoms with Gasteiger partial charge in [0.2, 0.25) is 0 Å². The molecule has 0 spiro atoms. The number of nitrogens with zero attached hydrogens (tertiary/aromatic N) is 1. The third-order valence-electron chi connectivity index (χ3n) is 2.67. The summed E-state index contributed by atoms with van der Waals surface area (Å²) in [6.45, 7) is 0.430. The van der Waals surface area contributed by atoms with Gasteiger partial charge in [0.1, 0.15) is 12.4 Å². The molecule has 0 aromatic heterocycles. The highest BCUT2D eigenvalue weighted by molar-refractivity contribution is 6.33. The summed E-state index contributed by atoms with van der Waals surface area (Å²) in [5.41, 5.74) is 8.21. The highest BCUT2D eigenvalue weighted by Crippen LogP contribution is 2.21.